The summed E-state index contributed by atoms with van der Waals surface area (Å²) in [6, 6.07) is 14.3. The third kappa shape index (κ3) is 4.43. The fourth-order valence-electron chi connectivity index (χ4n) is 4.77. The number of ether oxygens (including phenoxy) is 1. The van der Waals surface area contributed by atoms with Crippen LogP contribution in [0.2, 0.25) is 0 Å². The molecular formula is C27H25BrFN3O3. The Morgan fingerprint density at radius 1 is 1.20 bits per heavy atom. The minimum absolute atomic E-state index is 0.221. The second-order valence-corrected chi connectivity index (χ2v) is 10.6. The van der Waals surface area contributed by atoms with Crippen LogP contribution in [0.3, 0.4) is 0 Å². The summed E-state index contributed by atoms with van der Waals surface area (Å²) in [5.74, 6) is -0.718. The van der Waals surface area contributed by atoms with Crippen molar-refractivity contribution in [2.75, 3.05) is 0 Å². The van der Waals surface area contributed by atoms with Gasteiger partial charge in [0.1, 0.15) is 24.0 Å². The number of hydrogen-bond donors (Lipinski definition) is 1. The summed E-state index contributed by atoms with van der Waals surface area (Å²) in [5.41, 5.74) is 3.40. The lowest BCUT2D eigenvalue weighted by molar-refractivity contribution is -0.139. The van der Waals surface area contributed by atoms with E-state index in [1.165, 1.54) is 6.07 Å². The van der Waals surface area contributed by atoms with E-state index in [1.54, 1.807) is 18.3 Å². The number of benzene rings is 2. The number of carboxylic acids is 1. The smallest absolute Gasteiger partial charge is 0.307 e. The van der Waals surface area contributed by atoms with Gasteiger partial charge < -0.3 is 14.4 Å². The summed E-state index contributed by atoms with van der Waals surface area (Å²) >= 11 is 3.42. The van der Waals surface area contributed by atoms with Crippen molar-refractivity contribution in [3.63, 3.8) is 0 Å². The van der Waals surface area contributed by atoms with Gasteiger partial charge in [-0.1, -0.05) is 35.8 Å². The van der Waals surface area contributed by atoms with Crippen LogP contribution in [-0.2, 0) is 17.9 Å². The molecule has 2 aromatic heterocycles. The van der Waals surface area contributed by atoms with Gasteiger partial charge in [-0.25, -0.2) is 9.37 Å². The maximum atomic E-state index is 14.7. The van der Waals surface area contributed by atoms with E-state index in [4.69, 9.17) is 9.72 Å². The van der Waals surface area contributed by atoms with E-state index >= 15 is 0 Å². The molecule has 0 amide bonds. The Morgan fingerprint density at radius 2 is 2.00 bits per heavy atom. The number of halogens is 2. The van der Waals surface area contributed by atoms with Gasteiger partial charge in [0, 0.05) is 28.2 Å². The summed E-state index contributed by atoms with van der Waals surface area (Å²) in [6.45, 7) is 6.38. The second kappa shape index (κ2) is 8.75. The molecule has 180 valence electrons. The molecule has 0 radical (unpaired) electrons. The summed E-state index contributed by atoms with van der Waals surface area (Å²) < 4.78 is 23.4. The first kappa shape index (κ1) is 23.5. The van der Waals surface area contributed by atoms with Crippen LogP contribution in [-0.4, -0.2) is 25.6 Å². The van der Waals surface area contributed by atoms with Gasteiger partial charge in [-0.15, -0.1) is 0 Å². The molecule has 2 atom stereocenters. The molecule has 1 N–H and O–H groups in total. The maximum Gasteiger partial charge on any atom is 0.307 e. The number of carboxylic acid groups (broad SMARTS) is 1. The Bertz CT molecular complexity index is 1430. The molecule has 1 saturated carbocycles. The lowest BCUT2D eigenvalue weighted by Gasteiger charge is -2.12. The van der Waals surface area contributed by atoms with Crippen LogP contribution in [0, 0.1) is 24.1 Å². The lowest BCUT2D eigenvalue weighted by Crippen LogP contribution is -2.08. The molecule has 8 heteroatoms. The number of nitrogens with zero attached hydrogens (tertiary/aromatic N) is 3. The topological polar surface area (TPSA) is 77.2 Å². The number of imidazole rings is 1. The average Bonchev–Trinajstić information content (AvgIpc) is 3.23. The monoisotopic (exact) mass is 537 g/mol. The molecule has 35 heavy (non-hydrogen) atoms. The molecule has 1 aliphatic rings. The van der Waals surface area contributed by atoms with Crippen LogP contribution in [0.25, 0.3) is 11.0 Å². The molecule has 2 aromatic carbocycles. The molecule has 0 spiro atoms. The van der Waals surface area contributed by atoms with Gasteiger partial charge in [0.25, 0.3) is 0 Å². The zero-order valence-corrected chi connectivity index (χ0v) is 21.2. The molecule has 0 saturated heterocycles. The zero-order chi connectivity index (χ0) is 24.9. The van der Waals surface area contributed by atoms with Crippen molar-refractivity contribution in [3.05, 3.63) is 87.7 Å². The van der Waals surface area contributed by atoms with Crippen molar-refractivity contribution in [2.24, 2.45) is 11.3 Å². The van der Waals surface area contributed by atoms with E-state index in [1.807, 2.05) is 55.7 Å². The van der Waals surface area contributed by atoms with Crippen molar-refractivity contribution >= 4 is 32.9 Å². The minimum atomic E-state index is -0.845. The van der Waals surface area contributed by atoms with Crippen LogP contribution < -0.4 is 4.74 Å². The number of carbonyl (C=O) groups is 1. The van der Waals surface area contributed by atoms with E-state index in [0.717, 1.165) is 21.2 Å². The standard InChI is InChI=1S/C27H25BrFN3O3/c1-15-4-6-18(30-12-15)14-35-19-7-9-21-22(11-19)32(13-16-10-17(28)5-8-20(16)29)25(31-21)23-24(26(33)34)27(23,2)3/h4-12,23-24H,13-14H2,1-3H3,(H,33,34)/t23-,24+/m0/s1. The maximum absolute atomic E-state index is 14.7. The van der Waals surface area contributed by atoms with Crippen LogP contribution in [0.4, 0.5) is 4.39 Å². The van der Waals surface area contributed by atoms with Crippen LogP contribution in [0.1, 0.15) is 42.4 Å². The summed E-state index contributed by atoms with van der Waals surface area (Å²) in [6.07, 6.45) is 1.80. The first-order chi connectivity index (χ1) is 16.6. The van der Waals surface area contributed by atoms with Crippen LogP contribution in [0.5, 0.6) is 5.75 Å². The van der Waals surface area contributed by atoms with E-state index < -0.39 is 17.3 Å². The first-order valence-electron chi connectivity index (χ1n) is 11.4. The van der Waals surface area contributed by atoms with Crippen molar-refractivity contribution in [2.45, 2.75) is 39.8 Å². The Morgan fingerprint density at radius 3 is 2.69 bits per heavy atom. The highest BCUT2D eigenvalue weighted by atomic mass is 79.9. The largest absolute Gasteiger partial charge is 0.487 e. The highest BCUT2D eigenvalue weighted by Crippen LogP contribution is 2.64. The van der Waals surface area contributed by atoms with Gasteiger partial charge in [0.2, 0.25) is 0 Å². The molecule has 6 nitrogen and oxygen atoms in total. The number of aryl methyl sites for hydroxylation is 1. The van der Waals surface area contributed by atoms with E-state index in [-0.39, 0.29) is 18.3 Å². The summed E-state index contributed by atoms with van der Waals surface area (Å²) in [7, 11) is 0. The van der Waals surface area contributed by atoms with Crippen molar-refractivity contribution in [3.8, 4) is 5.75 Å². The van der Waals surface area contributed by atoms with Gasteiger partial charge in [-0.3, -0.25) is 9.78 Å². The van der Waals surface area contributed by atoms with Gasteiger partial charge >= 0.3 is 5.97 Å². The lowest BCUT2D eigenvalue weighted by atomic mass is 10.1. The normalized spacial score (nSPS) is 18.5. The molecule has 0 aliphatic heterocycles. The fraction of sp³-hybridized carbons (Fsp3) is 0.296. The number of fused-ring (bicyclic) bond motifs is 1. The Balaban J connectivity index is 1.55. The second-order valence-electron chi connectivity index (χ2n) is 9.67. The first-order valence-corrected chi connectivity index (χ1v) is 12.2. The Kier molecular flexibility index (Phi) is 5.87. The number of aromatic nitrogens is 3. The van der Waals surface area contributed by atoms with E-state index in [0.29, 0.717) is 29.3 Å². The molecule has 2 heterocycles. The van der Waals surface area contributed by atoms with Crippen LogP contribution in [0.15, 0.2) is 59.2 Å². The Hall–Kier alpha value is -3.26. The van der Waals surface area contributed by atoms with E-state index in [2.05, 4.69) is 20.9 Å². The Labute approximate surface area is 210 Å². The number of hydrogen-bond acceptors (Lipinski definition) is 4. The minimum Gasteiger partial charge on any atom is -0.487 e. The van der Waals surface area contributed by atoms with Crippen molar-refractivity contribution in [1.82, 2.24) is 14.5 Å². The van der Waals surface area contributed by atoms with Crippen LogP contribution >= 0.6 is 15.9 Å². The zero-order valence-electron chi connectivity index (χ0n) is 19.6. The van der Waals surface area contributed by atoms with Crippen molar-refractivity contribution < 1.29 is 19.0 Å². The number of aliphatic carboxylic acids is 1. The van der Waals surface area contributed by atoms with Gasteiger partial charge in [0.05, 0.1) is 29.2 Å². The molecule has 0 unspecified atom stereocenters. The predicted molar refractivity (Wildman–Crippen MR) is 134 cm³/mol. The SMILES string of the molecule is Cc1ccc(COc2ccc3nc([C@@H]4[C@H](C(=O)O)C4(C)C)n(Cc4cc(Br)ccc4F)c3c2)nc1. The highest BCUT2D eigenvalue weighted by Gasteiger charge is 2.64. The van der Waals surface area contributed by atoms with Crippen molar-refractivity contribution in [1.29, 1.82) is 0 Å². The number of rotatable bonds is 7. The molecule has 4 aromatic rings. The molecule has 1 fully saturated rings. The third-order valence-electron chi connectivity index (χ3n) is 6.82. The van der Waals surface area contributed by atoms with Gasteiger partial charge in [0.15, 0.2) is 0 Å². The third-order valence-corrected chi connectivity index (χ3v) is 7.31. The van der Waals surface area contributed by atoms with Gasteiger partial charge in [-0.2, -0.15) is 0 Å². The molecule has 1 aliphatic carbocycles. The fourth-order valence-corrected chi connectivity index (χ4v) is 5.18. The summed E-state index contributed by atoms with van der Waals surface area (Å²) in [5, 5.41) is 9.77. The summed E-state index contributed by atoms with van der Waals surface area (Å²) in [4.78, 5) is 21.1. The van der Waals surface area contributed by atoms with Gasteiger partial charge in [-0.05, 0) is 54.3 Å². The molecular weight excluding hydrogens is 513 g/mol. The quantitative estimate of drug-likeness (QED) is 0.308. The molecule has 5 rings (SSSR count). The number of pyridine rings is 1. The van der Waals surface area contributed by atoms with E-state index in [9.17, 15) is 14.3 Å². The average molecular weight is 538 g/mol. The molecule has 0 bridgehead atoms. The predicted octanol–water partition coefficient (Wildman–Crippen LogP) is 6.09. The highest BCUT2D eigenvalue weighted by molar-refractivity contribution is 9.10.